The molecule has 0 unspecified atom stereocenters. The van der Waals surface area contributed by atoms with E-state index < -0.39 is 0 Å². The van der Waals surface area contributed by atoms with Gasteiger partial charge in [-0.05, 0) is 55.5 Å². The summed E-state index contributed by atoms with van der Waals surface area (Å²) in [6.07, 6.45) is 0. The molecule has 0 aliphatic carbocycles. The summed E-state index contributed by atoms with van der Waals surface area (Å²) in [5.74, 6) is 1.21. The molecule has 0 aliphatic heterocycles. The molecule has 5 heteroatoms. The number of rotatable bonds is 6. The summed E-state index contributed by atoms with van der Waals surface area (Å²) in [4.78, 5) is 11.8. The van der Waals surface area contributed by atoms with Gasteiger partial charge in [-0.15, -0.1) is 0 Å². The van der Waals surface area contributed by atoms with Gasteiger partial charge in [-0.2, -0.15) is 0 Å². The van der Waals surface area contributed by atoms with E-state index in [1.54, 1.807) is 12.1 Å². The van der Waals surface area contributed by atoms with E-state index in [1.165, 1.54) is 0 Å². The average molecular weight is 350 g/mol. The number of carbonyl (C=O) groups excluding carboxylic acids is 1. The van der Waals surface area contributed by atoms with Crippen molar-refractivity contribution < 1.29 is 14.3 Å². The summed E-state index contributed by atoms with van der Waals surface area (Å²) in [6, 6.07) is 14.5. The molecule has 0 fully saturated rings. The first-order valence-electron chi connectivity index (χ1n) is 6.58. The van der Waals surface area contributed by atoms with Crippen molar-refractivity contribution in [1.82, 2.24) is 0 Å². The Balaban J connectivity index is 1.81. The Morgan fingerprint density at radius 1 is 1.00 bits per heavy atom. The molecule has 4 nitrogen and oxygen atoms in total. The summed E-state index contributed by atoms with van der Waals surface area (Å²) in [7, 11) is 0. The Morgan fingerprint density at radius 2 is 1.57 bits per heavy atom. The molecule has 0 atom stereocenters. The lowest BCUT2D eigenvalue weighted by molar-refractivity contribution is -0.118. The normalized spacial score (nSPS) is 10.0. The number of halogens is 1. The van der Waals surface area contributed by atoms with Crippen LogP contribution in [0.25, 0.3) is 0 Å². The minimum Gasteiger partial charge on any atom is -0.494 e. The number of ether oxygens (including phenoxy) is 2. The lowest BCUT2D eigenvalue weighted by Gasteiger charge is -2.08. The fourth-order valence-corrected chi connectivity index (χ4v) is 1.94. The second kappa shape index (κ2) is 7.69. The van der Waals surface area contributed by atoms with Crippen molar-refractivity contribution >= 4 is 27.5 Å². The minimum absolute atomic E-state index is 0.0377. The largest absolute Gasteiger partial charge is 0.494 e. The summed E-state index contributed by atoms with van der Waals surface area (Å²) in [6.45, 7) is 2.51. The molecule has 1 amide bonds. The zero-order valence-corrected chi connectivity index (χ0v) is 13.2. The van der Waals surface area contributed by atoms with E-state index in [1.807, 2.05) is 43.3 Å². The topological polar surface area (TPSA) is 47.6 Å². The first-order chi connectivity index (χ1) is 10.2. The molecule has 110 valence electrons. The van der Waals surface area contributed by atoms with Gasteiger partial charge >= 0.3 is 0 Å². The van der Waals surface area contributed by atoms with Gasteiger partial charge in [0.05, 0.1) is 6.61 Å². The molecule has 0 saturated carbocycles. The van der Waals surface area contributed by atoms with Gasteiger partial charge in [0, 0.05) is 10.2 Å². The molecule has 0 saturated heterocycles. The molecule has 0 radical (unpaired) electrons. The standard InChI is InChI=1S/C16H16BrNO3/c1-2-20-14-7-9-15(10-8-14)21-11-16(19)18-13-5-3-12(17)4-6-13/h3-10H,2,11H2,1H3,(H,18,19). The van der Waals surface area contributed by atoms with Crippen molar-refractivity contribution in [2.45, 2.75) is 6.92 Å². The van der Waals surface area contributed by atoms with Crippen LogP contribution in [0.15, 0.2) is 53.0 Å². The Labute approximate surface area is 132 Å². The van der Waals surface area contributed by atoms with Gasteiger partial charge in [0.1, 0.15) is 11.5 Å². The van der Waals surface area contributed by atoms with Crippen molar-refractivity contribution in [3.8, 4) is 11.5 Å². The number of carbonyl (C=O) groups is 1. The Hall–Kier alpha value is -2.01. The van der Waals surface area contributed by atoms with E-state index in [4.69, 9.17) is 9.47 Å². The molecule has 21 heavy (non-hydrogen) atoms. The fourth-order valence-electron chi connectivity index (χ4n) is 1.68. The summed E-state index contributed by atoms with van der Waals surface area (Å²) >= 11 is 3.34. The zero-order valence-electron chi connectivity index (χ0n) is 11.6. The van der Waals surface area contributed by atoms with Crippen LogP contribution in [0.2, 0.25) is 0 Å². The minimum atomic E-state index is -0.203. The summed E-state index contributed by atoms with van der Waals surface area (Å²) in [5.41, 5.74) is 0.735. The van der Waals surface area contributed by atoms with Crippen LogP contribution in [0, 0.1) is 0 Å². The molecule has 2 rings (SSSR count). The van der Waals surface area contributed by atoms with Crippen LogP contribution in [0.1, 0.15) is 6.92 Å². The Kier molecular flexibility index (Phi) is 5.63. The number of amides is 1. The SMILES string of the molecule is CCOc1ccc(OCC(=O)Nc2ccc(Br)cc2)cc1. The van der Waals surface area contributed by atoms with E-state index in [2.05, 4.69) is 21.2 Å². The number of nitrogens with one attached hydrogen (secondary N) is 1. The van der Waals surface area contributed by atoms with Gasteiger partial charge in [-0.1, -0.05) is 15.9 Å². The van der Waals surface area contributed by atoms with Gasteiger partial charge in [-0.3, -0.25) is 4.79 Å². The first-order valence-corrected chi connectivity index (χ1v) is 7.38. The highest BCUT2D eigenvalue weighted by Crippen LogP contribution is 2.18. The van der Waals surface area contributed by atoms with Gasteiger partial charge in [-0.25, -0.2) is 0 Å². The lowest BCUT2D eigenvalue weighted by atomic mass is 10.3. The predicted molar refractivity (Wildman–Crippen MR) is 85.9 cm³/mol. The van der Waals surface area contributed by atoms with Crippen LogP contribution in [0.4, 0.5) is 5.69 Å². The van der Waals surface area contributed by atoms with Crippen molar-refractivity contribution in [2.75, 3.05) is 18.5 Å². The highest BCUT2D eigenvalue weighted by molar-refractivity contribution is 9.10. The van der Waals surface area contributed by atoms with Crippen molar-refractivity contribution in [2.24, 2.45) is 0 Å². The van der Waals surface area contributed by atoms with Crippen LogP contribution < -0.4 is 14.8 Å². The van der Waals surface area contributed by atoms with Crippen LogP contribution in [-0.4, -0.2) is 19.1 Å². The van der Waals surface area contributed by atoms with Crippen LogP contribution >= 0.6 is 15.9 Å². The highest BCUT2D eigenvalue weighted by atomic mass is 79.9. The average Bonchev–Trinajstić information content (AvgIpc) is 2.49. The smallest absolute Gasteiger partial charge is 0.262 e. The van der Waals surface area contributed by atoms with Gasteiger partial charge in [0.15, 0.2) is 6.61 Å². The highest BCUT2D eigenvalue weighted by Gasteiger charge is 2.04. The molecule has 2 aromatic carbocycles. The predicted octanol–water partition coefficient (Wildman–Crippen LogP) is 3.87. The number of benzene rings is 2. The molecule has 0 bridgehead atoms. The fraction of sp³-hybridized carbons (Fsp3) is 0.188. The summed E-state index contributed by atoms with van der Waals surface area (Å²) in [5, 5.41) is 2.76. The Morgan fingerprint density at radius 3 is 2.14 bits per heavy atom. The van der Waals surface area contributed by atoms with E-state index in [9.17, 15) is 4.79 Å². The van der Waals surface area contributed by atoms with Gasteiger partial charge in [0.2, 0.25) is 0 Å². The van der Waals surface area contributed by atoms with E-state index in [-0.39, 0.29) is 12.5 Å². The third kappa shape index (κ3) is 5.11. The number of hydrogen-bond donors (Lipinski definition) is 1. The molecule has 0 aromatic heterocycles. The monoisotopic (exact) mass is 349 g/mol. The maximum atomic E-state index is 11.8. The van der Waals surface area contributed by atoms with E-state index in [0.29, 0.717) is 12.4 Å². The lowest BCUT2D eigenvalue weighted by Crippen LogP contribution is -2.20. The molecule has 0 spiro atoms. The molecule has 1 N–H and O–H groups in total. The second-order valence-corrected chi connectivity index (χ2v) is 5.16. The quantitative estimate of drug-likeness (QED) is 0.861. The van der Waals surface area contributed by atoms with E-state index in [0.717, 1.165) is 15.9 Å². The molecular weight excluding hydrogens is 334 g/mol. The van der Waals surface area contributed by atoms with Gasteiger partial charge < -0.3 is 14.8 Å². The molecular formula is C16H16BrNO3. The number of anilines is 1. The van der Waals surface area contributed by atoms with Crippen LogP contribution in [-0.2, 0) is 4.79 Å². The van der Waals surface area contributed by atoms with Crippen molar-refractivity contribution in [1.29, 1.82) is 0 Å². The maximum absolute atomic E-state index is 11.8. The third-order valence-electron chi connectivity index (χ3n) is 2.63. The Bertz CT molecular complexity index is 581. The number of hydrogen-bond acceptors (Lipinski definition) is 3. The van der Waals surface area contributed by atoms with Crippen molar-refractivity contribution in [3.05, 3.63) is 53.0 Å². The van der Waals surface area contributed by atoms with Crippen molar-refractivity contribution in [3.63, 3.8) is 0 Å². The van der Waals surface area contributed by atoms with E-state index >= 15 is 0 Å². The van der Waals surface area contributed by atoms with Crippen LogP contribution in [0.5, 0.6) is 11.5 Å². The van der Waals surface area contributed by atoms with Crippen LogP contribution in [0.3, 0.4) is 0 Å². The third-order valence-corrected chi connectivity index (χ3v) is 3.16. The van der Waals surface area contributed by atoms with Gasteiger partial charge in [0.25, 0.3) is 5.91 Å². The molecule has 0 heterocycles. The molecule has 0 aliphatic rings. The second-order valence-electron chi connectivity index (χ2n) is 4.25. The molecule has 2 aromatic rings. The maximum Gasteiger partial charge on any atom is 0.262 e. The summed E-state index contributed by atoms with van der Waals surface area (Å²) < 4.78 is 11.7. The first kappa shape index (κ1) is 15.4. The zero-order chi connectivity index (χ0) is 15.1.